The van der Waals surface area contributed by atoms with Gasteiger partial charge in [0, 0.05) is 33.4 Å². The van der Waals surface area contributed by atoms with Gasteiger partial charge in [-0.15, -0.1) is 0 Å². The van der Waals surface area contributed by atoms with E-state index >= 15 is 0 Å². The van der Waals surface area contributed by atoms with E-state index in [9.17, 15) is 0 Å². The van der Waals surface area contributed by atoms with Crippen molar-refractivity contribution in [2.75, 3.05) is 4.90 Å². The topological polar surface area (TPSA) is 8.17 Å². The molecule has 1 heterocycles. The Morgan fingerprint density at radius 3 is 1.14 bits per heavy atom. The summed E-state index contributed by atoms with van der Waals surface area (Å²) in [4.78, 5) is 2.49. The lowest BCUT2D eigenvalue weighted by atomic mass is 9.67. The molecule has 0 bridgehead atoms. The summed E-state index contributed by atoms with van der Waals surface area (Å²) in [5, 5.41) is 2.53. The summed E-state index contributed by atoms with van der Waals surface area (Å²) in [5.41, 5.74) is 23.3. The lowest BCUT2D eigenvalue weighted by Crippen LogP contribution is -2.28. The van der Waals surface area contributed by atoms with Gasteiger partial charge in [-0.25, -0.2) is 0 Å². The van der Waals surface area contributed by atoms with E-state index in [1.165, 1.54) is 94.1 Å². The van der Waals surface area contributed by atoms with E-state index < -0.39 is 10.8 Å². The van der Waals surface area contributed by atoms with Gasteiger partial charge in [-0.05, 0) is 127 Å². The molecule has 0 fully saturated rings. The molecule has 0 saturated carbocycles. The van der Waals surface area contributed by atoms with Crippen molar-refractivity contribution in [1.29, 1.82) is 0 Å². The molecule has 12 aromatic carbocycles. The first-order valence-corrected chi connectivity index (χ1v) is 26.4. The fraction of sp³-hybridized carbons (Fsp3) is 0.0270. The monoisotopic (exact) mass is 966 g/mol. The highest BCUT2D eigenvalue weighted by molar-refractivity contribution is 6.09. The number of nitrogens with zero attached hydrogens (tertiary/aromatic N) is 2. The lowest BCUT2D eigenvalue weighted by molar-refractivity contribution is 0.768. The third-order valence-electron chi connectivity index (χ3n) is 16.6. The zero-order valence-electron chi connectivity index (χ0n) is 41.8. The maximum Gasteiger partial charge on any atom is 0.0714 e. The fourth-order valence-electron chi connectivity index (χ4n) is 13.5. The van der Waals surface area contributed by atoms with Crippen molar-refractivity contribution in [2.24, 2.45) is 0 Å². The van der Waals surface area contributed by atoms with Gasteiger partial charge in [0.15, 0.2) is 0 Å². The first kappa shape index (κ1) is 43.8. The van der Waals surface area contributed by atoms with Gasteiger partial charge in [0.25, 0.3) is 0 Å². The van der Waals surface area contributed by atoms with Crippen LogP contribution in [0.3, 0.4) is 0 Å². The molecule has 13 aromatic rings. The summed E-state index contributed by atoms with van der Waals surface area (Å²) in [6.07, 6.45) is 0. The van der Waals surface area contributed by atoms with Crippen molar-refractivity contribution in [1.82, 2.24) is 4.57 Å². The Kier molecular flexibility index (Phi) is 10.0. The fourth-order valence-corrected chi connectivity index (χ4v) is 13.5. The van der Waals surface area contributed by atoms with Crippen LogP contribution in [0.4, 0.5) is 17.1 Å². The highest BCUT2D eigenvalue weighted by Gasteiger charge is 2.48. The van der Waals surface area contributed by atoms with Gasteiger partial charge in [0.05, 0.1) is 27.6 Å². The summed E-state index contributed by atoms with van der Waals surface area (Å²) < 4.78 is 2.38. The molecule has 0 atom stereocenters. The number of aromatic nitrogens is 1. The molecule has 0 N–H and O–H groups in total. The van der Waals surface area contributed by atoms with E-state index in [1.807, 2.05) is 0 Å². The maximum atomic E-state index is 2.49. The van der Waals surface area contributed by atoms with Gasteiger partial charge in [-0.2, -0.15) is 0 Å². The summed E-state index contributed by atoms with van der Waals surface area (Å²) in [6.45, 7) is 0. The number of rotatable bonds is 9. The average molecular weight is 967 g/mol. The van der Waals surface area contributed by atoms with E-state index in [0.717, 1.165) is 28.3 Å². The van der Waals surface area contributed by atoms with Crippen LogP contribution in [0.5, 0.6) is 0 Å². The van der Waals surface area contributed by atoms with Gasteiger partial charge in [-0.3, -0.25) is 0 Å². The van der Waals surface area contributed by atoms with Gasteiger partial charge in [-0.1, -0.05) is 249 Å². The van der Waals surface area contributed by atoms with E-state index in [2.05, 4.69) is 313 Å². The second-order valence-electron chi connectivity index (χ2n) is 20.3. The van der Waals surface area contributed by atoms with Crippen molar-refractivity contribution in [3.05, 3.63) is 348 Å². The molecule has 2 aliphatic carbocycles. The molecule has 356 valence electrons. The Labute approximate surface area is 443 Å². The Morgan fingerprint density at radius 1 is 0.263 bits per heavy atom. The second kappa shape index (κ2) is 17.4. The van der Waals surface area contributed by atoms with Crippen molar-refractivity contribution in [3.63, 3.8) is 0 Å². The van der Waals surface area contributed by atoms with Crippen LogP contribution in [-0.2, 0) is 10.8 Å². The van der Waals surface area contributed by atoms with Crippen LogP contribution in [0.1, 0.15) is 44.5 Å². The van der Waals surface area contributed by atoms with Crippen LogP contribution >= 0.6 is 0 Å². The Bertz CT molecular complexity index is 4170. The largest absolute Gasteiger partial charge is 0.310 e. The molecule has 1 aromatic heterocycles. The molecule has 0 spiro atoms. The van der Waals surface area contributed by atoms with Crippen LogP contribution in [0.15, 0.2) is 303 Å². The number of fused-ring (bicyclic) bond motifs is 9. The van der Waals surface area contributed by atoms with Crippen molar-refractivity contribution >= 4 is 38.9 Å². The van der Waals surface area contributed by atoms with Crippen molar-refractivity contribution < 1.29 is 0 Å². The molecule has 0 aliphatic heterocycles. The average Bonchev–Trinajstić information content (AvgIpc) is 4.30. The molecule has 2 nitrogen and oxygen atoms in total. The zero-order chi connectivity index (χ0) is 50.2. The third kappa shape index (κ3) is 6.34. The van der Waals surface area contributed by atoms with Crippen molar-refractivity contribution in [3.8, 4) is 39.1 Å². The first-order chi connectivity index (χ1) is 37.7. The van der Waals surface area contributed by atoms with E-state index in [1.54, 1.807) is 0 Å². The Morgan fingerprint density at radius 2 is 0.632 bits per heavy atom. The predicted octanol–water partition coefficient (Wildman–Crippen LogP) is 18.6. The molecule has 0 radical (unpaired) electrons. The molecule has 0 amide bonds. The van der Waals surface area contributed by atoms with E-state index in [0.29, 0.717) is 0 Å². The first-order valence-electron chi connectivity index (χ1n) is 26.4. The molecule has 0 saturated heterocycles. The highest BCUT2D eigenvalue weighted by Crippen LogP contribution is 2.60. The number of anilines is 3. The molecule has 2 heteroatoms. The molecule has 2 aliphatic rings. The van der Waals surface area contributed by atoms with E-state index in [-0.39, 0.29) is 0 Å². The highest BCUT2D eigenvalue weighted by atomic mass is 15.1. The summed E-state index contributed by atoms with van der Waals surface area (Å²) >= 11 is 0. The summed E-state index contributed by atoms with van der Waals surface area (Å²) in [5.74, 6) is 0. The number of para-hydroxylation sites is 2. The summed E-state index contributed by atoms with van der Waals surface area (Å²) in [6, 6.07) is 112. The smallest absolute Gasteiger partial charge is 0.0714 e. The van der Waals surface area contributed by atoms with Crippen LogP contribution in [0, 0.1) is 0 Å². The Hall–Kier alpha value is -9.76. The molecule has 76 heavy (non-hydrogen) atoms. The van der Waals surface area contributed by atoms with Gasteiger partial charge < -0.3 is 9.47 Å². The number of hydrogen-bond donors (Lipinski definition) is 0. The van der Waals surface area contributed by atoms with Crippen molar-refractivity contribution in [2.45, 2.75) is 10.8 Å². The summed E-state index contributed by atoms with van der Waals surface area (Å²) in [7, 11) is 0. The molecular weight excluding hydrogens is 917 g/mol. The normalized spacial score (nSPS) is 13.5. The van der Waals surface area contributed by atoms with Crippen LogP contribution in [0.2, 0.25) is 0 Å². The number of benzene rings is 12. The molecule has 15 rings (SSSR count). The Balaban J connectivity index is 0.910. The molecular formula is C74H50N2. The third-order valence-corrected chi connectivity index (χ3v) is 16.6. The standard InChI is InChI=1S/C74H50N2/c1-4-21-53(22-5-1)73(65-32-15-10-27-60(65)61-28-11-16-33-66(61)73)56-43-49-58(50-44-56)75(57-45-39-51(40-46-57)52-41-47-59(48-42-52)76-69-36-18-13-29-62(69)63-30-14-19-37-70(63)76)71-38-20-35-68-72(71)64-31-12-17-34-67(64)74(68,54-23-6-2-7-24-54)55-25-8-3-9-26-55/h1-50H. The van der Waals surface area contributed by atoms with Gasteiger partial charge >= 0.3 is 0 Å². The lowest BCUT2D eigenvalue weighted by Gasteiger charge is -2.35. The quantitative estimate of drug-likeness (QED) is 0.140. The SMILES string of the molecule is c1ccc(C2(c3ccc(N(c4ccc(-c5ccc(-n6c7ccccc7c7ccccc76)cc5)cc4)c4cccc5c4-c4ccccc4C5(c4ccccc4)c4ccccc4)cc3)c3ccccc3-c3ccccc32)cc1. The zero-order valence-corrected chi connectivity index (χ0v) is 41.8. The second-order valence-corrected chi connectivity index (χ2v) is 20.3. The van der Waals surface area contributed by atoms with Gasteiger partial charge in [0.2, 0.25) is 0 Å². The predicted molar refractivity (Wildman–Crippen MR) is 316 cm³/mol. The minimum absolute atomic E-state index is 0.506. The van der Waals surface area contributed by atoms with Gasteiger partial charge in [0.1, 0.15) is 0 Å². The molecule has 0 unspecified atom stereocenters. The maximum absolute atomic E-state index is 2.49. The van der Waals surface area contributed by atoms with Crippen LogP contribution in [-0.4, -0.2) is 4.57 Å². The van der Waals surface area contributed by atoms with Crippen LogP contribution < -0.4 is 4.90 Å². The van der Waals surface area contributed by atoms with Crippen LogP contribution in [0.25, 0.3) is 60.9 Å². The number of hydrogen-bond acceptors (Lipinski definition) is 1. The minimum Gasteiger partial charge on any atom is -0.310 e. The minimum atomic E-state index is -0.541. The van der Waals surface area contributed by atoms with E-state index in [4.69, 9.17) is 0 Å².